The molecule has 0 aliphatic heterocycles. The molecule has 0 fully saturated rings. The Kier molecular flexibility index (Phi) is 2.13. The third kappa shape index (κ3) is 1.29. The topological polar surface area (TPSA) is 0 Å². The lowest BCUT2D eigenvalue weighted by Crippen LogP contribution is -1.69. The number of hydrogen-bond acceptors (Lipinski definition) is 1. The first kappa shape index (κ1) is 7.55. The molecule has 2 heteroatoms. The van der Waals surface area contributed by atoms with Crippen molar-refractivity contribution in [1.82, 2.24) is 0 Å². The zero-order valence-electron chi connectivity index (χ0n) is 5.88. The molecule has 0 spiro atoms. The first-order valence-corrected chi connectivity index (χ1v) is 5.83. The van der Waals surface area contributed by atoms with E-state index in [1.54, 1.807) is 0 Å². The average molecular weight is 274 g/mol. The molecule has 0 radical (unpaired) electrons. The van der Waals surface area contributed by atoms with E-state index in [0.717, 1.165) is 4.43 Å². The first-order valence-electron chi connectivity index (χ1n) is 3.43. The normalized spacial score (nSPS) is 10.6. The highest BCUT2D eigenvalue weighted by molar-refractivity contribution is 14.1. The van der Waals surface area contributed by atoms with Crippen molar-refractivity contribution in [3.05, 3.63) is 35.2 Å². The molecule has 0 bridgehead atoms. The zero-order chi connectivity index (χ0) is 7.68. The summed E-state index contributed by atoms with van der Waals surface area (Å²) >= 11 is 4.24. The summed E-state index contributed by atoms with van der Waals surface area (Å²) in [4.78, 5) is 0. The molecule has 0 saturated carbocycles. The summed E-state index contributed by atoms with van der Waals surface area (Å²) in [6, 6.07) is 8.57. The summed E-state index contributed by atoms with van der Waals surface area (Å²) in [6.45, 7) is 0. The number of thiophene rings is 1. The zero-order valence-corrected chi connectivity index (χ0v) is 8.85. The van der Waals surface area contributed by atoms with Crippen LogP contribution in [0.5, 0.6) is 0 Å². The predicted octanol–water partition coefficient (Wildman–Crippen LogP) is 3.84. The van der Waals surface area contributed by atoms with E-state index in [9.17, 15) is 0 Å². The van der Waals surface area contributed by atoms with Gasteiger partial charge in [0.2, 0.25) is 0 Å². The highest BCUT2D eigenvalue weighted by Gasteiger charge is 1.99. The monoisotopic (exact) mass is 274 g/mol. The maximum Gasteiger partial charge on any atom is 0.0345 e. The molecule has 56 valence electrons. The number of benzene rings is 1. The molecule has 0 nitrogen and oxygen atoms in total. The Balaban J connectivity index is 2.76. The molecule has 0 atom stereocenters. The van der Waals surface area contributed by atoms with Gasteiger partial charge in [-0.05, 0) is 22.4 Å². The van der Waals surface area contributed by atoms with Gasteiger partial charge in [-0.2, -0.15) is 0 Å². The Labute approximate surface area is 83.4 Å². The lowest BCUT2D eigenvalue weighted by atomic mass is 10.2. The van der Waals surface area contributed by atoms with Gasteiger partial charge in [-0.1, -0.05) is 40.8 Å². The standard InChI is InChI=1S/C9H7IS/c10-5-7-6-11-9-4-2-1-3-8(7)9/h1-4,6H,5H2. The molecule has 0 amide bonds. The number of fused-ring (bicyclic) bond motifs is 1. The molecule has 0 N–H and O–H groups in total. The van der Waals surface area contributed by atoms with Crippen LogP contribution in [-0.2, 0) is 4.43 Å². The lowest BCUT2D eigenvalue weighted by molar-refractivity contribution is 1.57. The summed E-state index contributed by atoms with van der Waals surface area (Å²) in [5, 5.41) is 3.67. The van der Waals surface area contributed by atoms with Gasteiger partial charge in [0, 0.05) is 9.13 Å². The van der Waals surface area contributed by atoms with Crippen molar-refractivity contribution in [2.45, 2.75) is 4.43 Å². The van der Waals surface area contributed by atoms with Crippen molar-refractivity contribution in [3.63, 3.8) is 0 Å². The van der Waals surface area contributed by atoms with Crippen LogP contribution in [-0.4, -0.2) is 0 Å². The van der Waals surface area contributed by atoms with Gasteiger partial charge in [-0.3, -0.25) is 0 Å². The van der Waals surface area contributed by atoms with E-state index in [0.29, 0.717) is 0 Å². The number of alkyl halides is 1. The van der Waals surface area contributed by atoms with Gasteiger partial charge in [-0.25, -0.2) is 0 Å². The van der Waals surface area contributed by atoms with E-state index in [1.165, 1.54) is 15.6 Å². The molecule has 0 aliphatic rings. The first-order chi connectivity index (χ1) is 5.42. The largest absolute Gasteiger partial charge is 0.143 e. The summed E-state index contributed by atoms with van der Waals surface area (Å²) in [7, 11) is 0. The molecular weight excluding hydrogens is 267 g/mol. The van der Waals surface area contributed by atoms with Crippen LogP contribution in [0.1, 0.15) is 5.56 Å². The third-order valence-corrected chi connectivity index (χ3v) is 3.54. The average Bonchev–Trinajstić information content (AvgIpc) is 2.47. The second-order valence-corrected chi connectivity index (χ2v) is 4.06. The molecule has 1 aromatic heterocycles. The van der Waals surface area contributed by atoms with Crippen LogP contribution in [0.15, 0.2) is 29.6 Å². The van der Waals surface area contributed by atoms with Crippen LogP contribution in [0, 0.1) is 0 Å². The van der Waals surface area contributed by atoms with E-state index < -0.39 is 0 Å². The van der Waals surface area contributed by atoms with E-state index in [4.69, 9.17) is 0 Å². The molecule has 0 saturated heterocycles. The highest BCUT2D eigenvalue weighted by atomic mass is 127. The molecule has 2 aromatic rings. The van der Waals surface area contributed by atoms with Crippen LogP contribution in [0.25, 0.3) is 10.1 Å². The van der Waals surface area contributed by atoms with Crippen molar-refractivity contribution in [3.8, 4) is 0 Å². The molecule has 1 heterocycles. The van der Waals surface area contributed by atoms with Crippen molar-refractivity contribution in [2.24, 2.45) is 0 Å². The molecular formula is C9H7IS. The molecule has 11 heavy (non-hydrogen) atoms. The number of halogens is 1. The van der Waals surface area contributed by atoms with Crippen LogP contribution < -0.4 is 0 Å². The van der Waals surface area contributed by atoms with Crippen molar-refractivity contribution in [2.75, 3.05) is 0 Å². The van der Waals surface area contributed by atoms with Crippen molar-refractivity contribution in [1.29, 1.82) is 0 Å². The smallest absolute Gasteiger partial charge is 0.0345 e. The Bertz CT molecular complexity index is 364. The molecule has 0 unspecified atom stereocenters. The second kappa shape index (κ2) is 3.11. The van der Waals surface area contributed by atoms with E-state index in [-0.39, 0.29) is 0 Å². The quantitative estimate of drug-likeness (QED) is 0.547. The van der Waals surface area contributed by atoms with E-state index in [2.05, 4.69) is 52.2 Å². The lowest BCUT2D eigenvalue weighted by Gasteiger charge is -1.90. The fourth-order valence-electron chi connectivity index (χ4n) is 1.14. The molecule has 1 aromatic carbocycles. The Hall–Kier alpha value is -0.0900. The van der Waals surface area contributed by atoms with Gasteiger partial charge in [-0.15, -0.1) is 11.3 Å². The SMILES string of the molecule is ICc1csc2ccccc12. The maximum atomic E-state index is 2.40. The molecule has 2 rings (SSSR count). The van der Waals surface area contributed by atoms with E-state index >= 15 is 0 Å². The Morgan fingerprint density at radius 2 is 2.09 bits per heavy atom. The minimum absolute atomic E-state index is 1.11. The van der Waals surface area contributed by atoms with Gasteiger partial charge in [0.15, 0.2) is 0 Å². The number of hydrogen-bond donors (Lipinski definition) is 0. The number of rotatable bonds is 1. The summed E-state index contributed by atoms with van der Waals surface area (Å²) in [6.07, 6.45) is 0. The van der Waals surface area contributed by atoms with Crippen molar-refractivity contribution >= 4 is 44.0 Å². The summed E-state index contributed by atoms with van der Waals surface area (Å²) < 4.78 is 2.51. The van der Waals surface area contributed by atoms with Gasteiger partial charge in [0.05, 0.1) is 0 Å². The third-order valence-electron chi connectivity index (χ3n) is 1.71. The fraction of sp³-hybridized carbons (Fsp3) is 0.111. The Morgan fingerprint density at radius 1 is 1.27 bits per heavy atom. The highest BCUT2D eigenvalue weighted by Crippen LogP contribution is 2.26. The van der Waals surface area contributed by atoms with Crippen LogP contribution in [0.3, 0.4) is 0 Å². The minimum Gasteiger partial charge on any atom is -0.143 e. The van der Waals surface area contributed by atoms with Crippen LogP contribution in [0.2, 0.25) is 0 Å². The van der Waals surface area contributed by atoms with Gasteiger partial charge >= 0.3 is 0 Å². The second-order valence-electron chi connectivity index (χ2n) is 2.39. The molecule has 0 aliphatic carbocycles. The van der Waals surface area contributed by atoms with Gasteiger partial charge < -0.3 is 0 Å². The van der Waals surface area contributed by atoms with E-state index in [1.807, 2.05) is 11.3 Å². The van der Waals surface area contributed by atoms with Gasteiger partial charge in [0.1, 0.15) is 0 Å². The summed E-state index contributed by atoms with van der Waals surface area (Å²) in [5.74, 6) is 0. The minimum atomic E-state index is 1.11. The summed E-state index contributed by atoms with van der Waals surface area (Å²) in [5.41, 5.74) is 1.46. The van der Waals surface area contributed by atoms with Crippen LogP contribution >= 0.6 is 33.9 Å². The Morgan fingerprint density at radius 3 is 2.91 bits per heavy atom. The fourth-order valence-corrected chi connectivity index (χ4v) is 3.03. The predicted molar refractivity (Wildman–Crippen MR) is 59.5 cm³/mol. The van der Waals surface area contributed by atoms with Crippen LogP contribution in [0.4, 0.5) is 0 Å². The van der Waals surface area contributed by atoms with Crippen molar-refractivity contribution < 1.29 is 0 Å². The van der Waals surface area contributed by atoms with Gasteiger partial charge in [0.25, 0.3) is 0 Å². The maximum absolute atomic E-state index is 2.40.